The summed E-state index contributed by atoms with van der Waals surface area (Å²) in [7, 11) is 2.36. The lowest BCUT2D eigenvalue weighted by atomic mass is 10.1. The fourth-order valence-electron chi connectivity index (χ4n) is 2.78. The van der Waals surface area contributed by atoms with E-state index in [0.29, 0.717) is 24.5 Å². The Kier molecular flexibility index (Phi) is 4.77. The summed E-state index contributed by atoms with van der Waals surface area (Å²) < 4.78 is 29.1. The van der Waals surface area contributed by atoms with Gasteiger partial charge in [-0.2, -0.15) is 4.31 Å². The predicted molar refractivity (Wildman–Crippen MR) is 83.6 cm³/mol. The summed E-state index contributed by atoms with van der Waals surface area (Å²) in [6.45, 7) is 5.87. The Hall–Kier alpha value is -0.890. The maximum Gasteiger partial charge on any atom is 0.244 e. The molecule has 0 aromatic carbocycles. The van der Waals surface area contributed by atoms with Crippen LogP contribution in [0.4, 0.5) is 0 Å². The SMILES string of the molecule is CNCc1cc(S(=O)(=O)N2CC(C)N(C)C(C)C2)cn1C. The smallest absolute Gasteiger partial charge is 0.244 e. The number of likely N-dealkylation sites (N-methyl/N-ethyl adjacent to an activating group) is 1. The van der Waals surface area contributed by atoms with Crippen molar-refractivity contribution in [2.45, 2.75) is 37.4 Å². The zero-order chi connectivity index (χ0) is 15.8. The summed E-state index contributed by atoms with van der Waals surface area (Å²) in [6, 6.07) is 2.22. The van der Waals surface area contributed by atoms with Crippen LogP contribution in [0.15, 0.2) is 17.2 Å². The minimum absolute atomic E-state index is 0.226. The lowest BCUT2D eigenvalue weighted by Gasteiger charge is -2.41. The third-order valence-electron chi connectivity index (χ3n) is 4.40. The number of nitrogens with zero attached hydrogens (tertiary/aromatic N) is 3. The van der Waals surface area contributed by atoms with Crippen molar-refractivity contribution in [3.8, 4) is 0 Å². The summed E-state index contributed by atoms with van der Waals surface area (Å²) in [5.41, 5.74) is 0.964. The van der Waals surface area contributed by atoms with Gasteiger partial charge in [0.1, 0.15) is 4.90 Å². The summed E-state index contributed by atoms with van der Waals surface area (Å²) in [4.78, 5) is 2.61. The number of hydrogen-bond acceptors (Lipinski definition) is 4. The molecule has 1 N–H and O–H groups in total. The highest BCUT2D eigenvalue weighted by Crippen LogP contribution is 2.23. The van der Waals surface area contributed by atoms with Gasteiger partial charge in [0, 0.05) is 50.7 Å². The van der Waals surface area contributed by atoms with E-state index in [2.05, 4.69) is 24.1 Å². The molecule has 1 saturated heterocycles. The molecule has 1 fully saturated rings. The van der Waals surface area contributed by atoms with Crippen LogP contribution in [0.3, 0.4) is 0 Å². The molecular formula is C14H26N4O2S. The van der Waals surface area contributed by atoms with Gasteiger partial charge >= 0.3 is 0 Å². The van der Waals surface area contributed by atoms with Crippen molar-refractivity contribution in [3.05, 3.63) is 18.0 Å². The van der Waals surface area contributed by atoms with Crippen LogP contribution in [0.2, 0.25) is 0 Å². The third kappa shape index (κ3) is 3.15. The molecular weight excluding hydrogens is 288 g/mol. The van der Waals surface area contributed by atoms with Crippen molar-refractivity contribution in [3.63, 3.8) is 0 Å². The van der Waals surface area contributed by atoms with Crippen molar-refractivity contribution in [1.29, 1.82) is 0 Å². The van der Waals surface area contributed by atoms with Gasteiger partial charge in [0.05, 0.1) is 0 Å². The molecule has 2 heterocycles. The minimum atomic E-state index is -3.41. The predicted octanol–water partition coefficient (Wildman–Crippen LogP) is 0.458. The third-order valence-corrected chi connectivity index (χ3v) is 6.20. The van der Waals surface area contributed by atoms with Gasteiger partial charge in [-0.05, 0) is 34.0 Å². The van der Waals surface area contributed by atoms with Crippen LogP contribution in [0.5, 0.6) is 0 Å². The summed E-state index contributed by atoms with van der Waals surface area (Å²) >= 11 is 0. The molecule has 0 radical (unpaired) electrons. The topological polar surface area (TPSA) is 57.6 Å². The number of nitrogens with one attached hydrogen (secondary N) is 1. The van der Waals surface area contributed by atoms with Crippen molar-refractivity contribution in [2.75, 3.05) is 27.2 Å². The Balaban J connectivity index is 2.28. The van der Waals surface area contributed by atoms with Crippen LogP contribution in [0.1, 0.15) is 19.5 Å². The molecule has 6 nitrogen and oxygen atoms in total. The second-order valence-electron chi connectivity index (χ2n) is 5.99. The molecule has 7 heteroatoms. The minimum Gasteiger partial charge on any atom is -0.352 e. The Morgan fingerprint density at radius 2 is 1.81 bits per heavy atom. The van der Waals surface area contributed by atoms with Crippen LogP contribution < -0.4 is 5.32 Å². The Morgan fingerprint density at radius 1 is 1.24 bits per heavy atom. The highest BCUT2D eigenvalue weighted by Gasteiger charge is 2.35. The van der Waals surface area contributed by atoms with Gasteiger partial charge in [-0.25, -0.2) is 8.42 Å². The number of rotatable bonds is 4. The molecule has 1 aliphatic rings. The van der Waals surface area contributed by atoms with E-state index in [1.807, 2.05) is 25.7 Å². The molecule has 2 unspecified atom stereocenters. The first kappa shape index (κ1) is 16.5. The van der Waals surface area contributed by atoms with Crippen LogP contribution >= 0.6 is 0 Å². The molecule has 2 rings (SSSR count). The van der Waals surface area contributed by atoms with E-state index in [1.165, 1.54) is 0 Å². The van der Waals surface area contributed by atoms with Gasteiger partial charge in [0.15, 0.2) is 0 Å². The molecule has 120 valence electrons. The van der Waals surface area contributed by atoms with E-state index in [4.69, 9.17) is 0 Å². The fraction of sp³-hybridized carbons (Fsp3) is 0.714. The summed E-state index contributed by atoms with van der Waals surface area (Å²) in [5, 5.41) is 3.05. The zero-order valence-electron chi connectivity index (χ0n) is 13.5. The maximum atomic E-state index is 12.8. The molecule has 0 aliphatic carbocycles. The van der Waals surface area contributed by atoms with Crippen molar-refractivity contribution < 1.29 is 8.42 Å². The van der Waals surface area contributed by atoms with Gasteiger partial charge in [0.2, 0.25) is 10.0 Å². The van der Waals surface area contributed by atoms with E-state index in [0.717, 1.165) is 5.69 Å². The fourth-order valence-corrected chi connectivity index (χ4v) is 4.47. The highest BCUT2D eigenvalue weighted by molar-refractivity contribution is 7.89. The summed E-state index contributed by atoms with van der Waals surface area (Å²) in [5.74, 6) is 0. The number of piperazine rings is 1. The lowest BCUT2D eigenvalue weighted by molar-refractivity contribution is 0.105. The first-order valence-electron chi connectivity index (χ1n) is 7.29. The standard InChI is InChI=1S/C14H26N4O2S/c1-11-8-18(9-12(2)17(11)5)21(19,20)14-6-13(7-15-3)16(4)10-14/h6,10-12,15H,7-9H2,1-5H3. The maximum absolute atomic E-state index is 12.8. The molecule has 0 spiro atoms. The van der Waals surface area contributed by atoms with E-state index >= 15 is 0 Å². The molecule has 21 heavy (non-hydrogen) atoms. The average molecular weight is 314 g/mol. The van der Waals surface area contributed by atoms with Crippen LogP contribution in [0, 0.1) is 0 Å². The Labute approximate surface area is 127 Å². The van der Waals surface area contributed by atoms with Crippen molar-refractivity contribution >= 4 is 10.0 Å². The van der Waals surface area contributed by atoms with Crippen molar-refractivity contribution in [2.24, 2.45) is 7.05 Å². The van der Waals surface area contributed by atoms with Crippen LogP contribution in [-0.2, 0) is 23.6 Å². The molecule has 2 atom stereocenters. The number of hydrogen-bond donors (Lipinski definition) is 1. The molecule has 0 saturated carbocycles. The number of sulfonamides is 1. The van der Waals surface area contributed by atoms with E-state index in [9.17, 15) is 8.42 Å². The lowest BCUT2D eigenvalue weighted by Crippen LogP contribution is -2.56. The van der Waals surface area contributed by atoms with Crippen molar-refractivity contribution in [1.82, 2.24) is 19.1 Å². The summed E-state index contributed by atoms with van der Waals surface area (Å²) in [6.07, 6.45) is 1.70. The van der Waals surface area contributed by atoms with E-state index in [1.54, 1.807) is 16.6 Å². The quantitative estimate of drug-likeness (QED) is 0.877. The first-order valence-corrected chi connectivity index (χ1v) is 8.73. The normalized spacial score (nSPS) is 25.4. The van der Waals surface area contributed by atoms with Gasteiger partial charge in [-0.1, -0.05) is 0 Å². The second kappa shape index (κ2) is 6.08. The van der Waals surface area contributed by atoms with E-state index in [-0.39, 0.29) is 12.1 Å². The Bertz CT molecular complexity index is 584. The van der Waals surface area contributed by atoms with Gasteiger partial charge in [-0.3, -0.25) is 4.90 Å². The monoisotopic (exact) mass is 314 g/mol. The first-order chi connectivity index (χ1) is 9.77. The second-order valence-corrected chi connectivity index (χ2v) is 7.93. The number of aryl methyl sites for hydroxylation is 1. The molecule has 1 aromatic rings. The molecule has 0 bridgehead atoms. The number of aromatic nitrogens is 1. The van der Waals surface area contributed by atoms with Gasteiger partial charge in [-0.15, -0.1) is 0 Å². The molecule has 1 aliphatic heterocycles. The molecule has 1 aromatic heterocycles. The van der Waals surface area contributed by atoms with Crippen LogP contribution in [-0.4, -0.2) is 61.5 Å². The largest absolute Gasteiger partial charge is 0.352 e. The van der Waals surface area contributed by atoms with Gasteiger partial charge in [0.25, 0.3) is 0 Å². The highest BCUT2D eigenvalue weighted by atomic mass is 32.2. The Morgan fingerprint density at radius 3 is 2.33 bits per heavy atom. The van der Waals surface area contributed by atoms with Gasteiger partial charge < -0.3 is 9.88 Å². The van der Waals surface area contributed by atoms with E-state index < -0.39 is 10.0 Å². The average Bonchev–Trinajstić information content (AvgIpc) is 2.78. The zero-order valence-corrected chi connectivity index (χ0v) is 14.3. The van der Waals surface area contributed by atoms with Crippen LogP contribution in [0.25, 0.3) is 0 Å². The molecule has 0 amide bonds.